The molecule has 0 spiro atoms. The van der Waals surface area contributed by atoms with Gasteiger partial charge in [-0.1, -0.05) is 18.2 Å². The first-order chi connectivity index (χ1) is 8.99. The third kappa shape index (κ3) is 2.93. The summed E-state index contributed by atoms with van der Waals surface area (Å²) in [7, 11) is 0. The highest BCUT2D eigenvalue weighted by Crippen LogP contribution is 2.25. The van der Waals surface area contributed by atoms with Gasteiger partial charge in [-0.25, -0.2) is 9.78 Å². The minimum atomic E-state index is -0.993. The molecule has 0 saturated carbocycles. The maximum atomic E-state index is 10.9. The number of nitrogens with zero attached hydrogens (tertiary/aromatic N) is 1. The number of ether oxygens (including phenoxy) is 1. The Labute approximate surface area is 115 Å². The fraction of sp³-hybridized carbons (Fsp3) is 0.286. The molecule has 100 valence electrons. The summed E-state index contributed by atoms with van der Waals surface area (Å²) in [5, 5.41) is 9.63. The molecular formula is C14H15NO3S. The van der Waals surface area contributed by atoms with Crippen LogP contribution in [0.15, 0.2) is 18.2 Å². The molecule has 1 aromatic carbocycles. The van der Waals surface area contributed by atoms with Crippen LogP contribution in [0.5, 0.6) is 5.75 Å². The van der Waals surface area contributed by atoms with Gasteiger partial charge in [-0.05, 0) is 31.9 Å². The van der Waals surface area contributed by atoms with E-state index < -0.39 is 5.97 Å². The van der Waals surface area contributed by atoms with Crippen LogP contribution in [0, 0.1) is 20.8 Å². The van der Waals surface area contributed by atoms with E-state index in [-0.39, 0.29) is 5.69 Å². The molecule has 19 heavy (non-hydrogen) atoms. The summed E-state index contributed by atoms with van der Waals surface area (Å²) in [4.78, 5) is 15.7. The number of hydrogen-bond donors (Lipinski definition) is 1. The van der Waals surface area contributed by atoms with Gasteiger partial charge in [-0.2, -0.15) is 0 Å². The normalized spacial score (nSPS) is 10.5. The number of hydrogen-bond acceptors (Lipinski definition) is 4. The monoisotopic (exact) mass is 277 g/mol. The van der Waals surface area contributed by atoms with Crippen molar-refractivity contribution in [2.24, 2.45) is 0 Å². The predicted molar refractivity (Wildman–Crippen MR) is 74.1 cm³/mol. The lowest BCUT2D eigenvalue weighted by Crippen LogP contribution is -2.01. The highest BCUT2D eigenvalue weighted by molar-refractivity contribution is 7.11. The van der Waals surface area contributed by atoms with E-state index in [1.807, 2.05) is 32.0 Å². The molecule has 0 atom stereocenters. The van der Waals surface area contributed by atoms with Gasteiger partial charge in [0.15, 0.2) is 5.69 Å². The van der Waals surface area contributed by atoms with Crippen LogP contribution in [0.1, 0.15) is 31.5 Å². The summed E-state index contributed by atoms with van der Waals surface area (Å²) >= 11 is 1.36. The second-order valence-electron chi connectivity index (χ2n) is 4.33. The van der Waals surface area contributed by atoms with Crippen molar-refractivity contribution in [3.63, 3.8) is 0 Å². The number of aromatic nitrogens is 1. The molecule has 2 rings (SSSR count). The van der Waals surface area contributed by atoms with Crippen LogP contribution in [0.4, 0.5) is 0 Å². The molecule has 0 unspecified atom stereocenters. The van der Waals surface area contributed by atoms with Crippen molar-refractivity contribution in [2.45, 2.75) is 27.4 Å². The Bertz CT molecular complexity index is 599. The maximum absolute atomic E-state index is 10.9. The molecule has 0 saturated heterocycles. The Morgan fingerprint density at radius 1 is 1.32 bits per heavy atom. The van der Waals surface area contributed by atoms with E-state index in [1.165, 1.54) is 11.3 Å². The first-order valence-electron chi connectivity index (χ1n) is 5.87. The molecule has 0 aliphatic rings. The van der Waals surface area contributed by atoms with Crippen molar-refractivity contribution in [3.05, 3.63) is 44.9 Å². The quantitative estimate of drug-likeness (QED) is 0.931. The van der Waals surface area contributed by atoms with Gasteiger partial charge in [0.05, 0.1) is 0 Å². The lowest BCUT2D eigenvalue weighted by molar-refractivity contribution is 0.0690. The van der Waals surface area contributed by atoms with Gasteiger partial charge in [-0.3, -0.25) is 0 Å². The molecule has 1 N–H and O–H groups in total. The molecule has 1 heterocycles. The molecule has 0 fully saturated rings. The highest BCUT2D eigenvalue weighted by atomic mass is 32.1. The summed E-state index contributed by atoms with van der Waals surface area (Å²) in [6.45, 7) is 6.02. The molecule has 2 aromatic rings. The van der Waals surface area contributed by atoms with E-state index in [2.05, 4.69) is 4.98 Å². The van der Waals surface area contributed by atoms with Gasteiger partial charge in [0, 0.05) is 4.88 Å². The van der Waals surface area contributed by atoms with Crippen molar-refractivity contribution < 1.29 is 14.6 Å². The summed E-state index contributed by atoms with van der Waals surface area (Å²) in [6.07, 6.45) is 0. The van der Waals surface area contributed by atoms with Crippen LogP contribution in [0.25, 0.3) is 0 Å². The Kier molecular flexibility index (Phi) is 3.85. The number of carboxylic acids is 1. The number of thiazole rings is 1. The molecule has 0 amide bonds. The first kappa shape index (κ1) is 13.5. The van der Waals surface area contributed by atoms with Crippen molar-refractivity contribution >= 4 is 17.3 Å². The van der Waals surface area contributed by atoms with Crippen LogP contribution < -0.4 is 4.74 Å². The number of rotatable bonds is 4. The number of carbonyl (C=O) groups is 1. The van der Waals surface area contributed by atoms with E-state index in [1.54, 1.807) is 6.92 Å². The SMILES string of the molecule is Cc1cccc(C)c1OCc1nc(C(=O)O)c(C)s1. The Morgan fingerprint density at radius 3 is 2.47 bits per heavy atom. The average molecular weight is 277 g/mol. The molecule has 1 aromatic heterocycles. The van der Waals surface area contributed by atoms with Crippen molar-refractivity contribution in [3.8, 4) is 5.75 Å². The fourth-order valence-corrected chi connectivity index (χ4v) is 2.71. The van der Waals surface area contributed by atoms with Crippen LogP contribution in [-0.4, -0.2) is 16.1 Å². The van der Waals surface area contributed by atoms with Gasteiger partial charge in [0.1, 0.15) is 17.4 Å². The Balaban J connectivity index is 2.15. The molecule has 0 aliphatic heterocycles. The molecule has 4 nitrogen and oxygen atoms in total. The zero-order chi connectivity index (χ0) is 14.0. The van der Waals surface area contributed by atoms with E-state index >= 15 is 0 Å². The van der Waals surface area contributed by atoms with E-state index in [4.69, 9.17) is 9.84 Å². The largest absolute Gasteiger partial charge is 0.486 e. The minimum Gasteiger partial charge on any atom is -0.486 e. The number of benzene rings is 1. The number of aromatic carboxylic acids is 1. The van der Waals surface area contributed by atoms with Gasteiger partial charge in [-0.15, -0.1) is 11.3 Å². The molecular weight excluding hydrogens is 262 g/mol. The molecule has 0 bridgehead atoms. The van der Waals surface area contributed by atoms with E-state index in [9.17, 15) is 4.79 Å². The van der Waals surface area contributed by atoms with Crippen molar-refractivity contribution in [1.82, 2.24) is 4.98 Å². The smallest absolute Gasteiger partial charge is 0.355 e. The summed E-state index contributed by atoms with van der Waals surface area (Å²) in [5.41, 5.74) is 2.24. The number of para-hydroxylation sites is 1. The maximum Gasteiger partial charge on any atom is 0.355 e. The average Bonchev–Trinajstić information content (AvgIpc) is 2.70. The van der Waals surface area contributed by atoms with Crippen molar-refractivity contribution in [1.29, 1.82) is 0 Å². The van der Waals surface area contributed by atoms with Gasteiger partial charge >= 0.3 is 5.97 Å². The van der Waals surface area contributed by atoms with Gasteiger partial charge in [0.2, 0.25) is 0 Å². The molecule has 0 aliphatic carbocycles. The summed E-state index contributed by atoms with van der Waals surface area (Å²) in [5.74, 6) is -0.153. The standard InChI is InChI=1S/C14H15NO3S/c1-8-5-4-6-9(2)13(8)18-7-11-15-12(14(16)17)10(3)19-11/h4-6H,7H2,1-3H3,(H,16,17). The molecule has 0 radical (unpaired) electrons. The highest BCUT2D eigenvalue weighted by Gasteiger charge is 2.14. The van der Waals surface area contributed by atoms with E-state index in [0.717, 1.165) is 16.9 Å². The van der Waals surface area contributed by atoms with E-state index in [0.29, 0.717) is 16.5 Å². The number of carboxylic acid groups (broad SMARTS) is 1. The third-order valence-corrected chi connectivity index (χ3v) is 3.74. The summed E-state index contributed by atoms with van der Waals surface area (Å²) in [6, 6.07) is 5.95. The summed E-state index contributed by atoms with van der Waals surface area (Å²) < 4.78 is 5.76. The second-order valence-corrected chi connectivity index (χ2v) is 5.61. The lowest BCUT2D eigenvalue weighted by Gasteiger charge is -2.10. The van der Waals surface area contributed by atoms with Crippen LogP contribution in [0.2, 0.25) is 0 Å². The number of aryl methyl sites for hydroxylation is 3. The Morgan fingerprint density at radius 2 is 1.95 bits per heavy atom. The zero-order valence-corrected chi connectivity index (χ0v) is 11.9. The Hall–Kier alpha value is -1.88. The zero-order valence-electron chi connectivity index (χ0n) is 11.1. The predicted octanol–water partition coefficient (Wildman–Crippen LogP) is 3.35. The van der Waals surface area contributed by atoms with Crippen molar-refractivity contribution in [2.75, 3.05) is 0 Å². The fourth-order valence-electron chi connectivity index (χ4n) is 1.87. The minimum absolute atomic E-state index is 0.116. The topological polar surface area (TPSA) is 59.4 Å². The molecule has 5 heteroatoms. The second kappa shape index (κ2) is 5.40. The van der Waals surface area contributed by atoms with Crippen LogP contribution >= 0.6 is 11.3 Å². The van der Waals surface area contributed by atoms with Gasteiger partial charge in [0.25, 0.3) is 0 Å². The third-order valence-electron chi connectivity index (χ3n) is 2.79. The van der Waals surface area contributed by atoms with Crippen LogP contribution in [0.3, 0.4) is 0 Å². The lowest BCUT2D eigenvalue weighted by atomic mass is 10.1. The van der Waals surface area contributed by atoms with Crippen LogP contribution in [-0.2, 0) is 6.61 Å². The first-order valence-corrected chi connectivity index (χ1v) is 6.69. The van der Waals surface area contributed by atoms with Gasteiger partial charge < -0.3 is 9.84 Å².